The summed E-state index contributed by atoms with van der Waals surface area (Å²) in [6.45, 7) is 1.38. The van der Waals surface area contributed by atoms with Crippen LogP contribution in [0.3, 0.4) is 0 Å². The second-order valence-electron chi connectivity index (χ2n) is 4.28. The number of carbonyl (C=O) groups is 2. The van der Waals surface area contributed by atoms with Crippen LogP contribution in [0, 0.1) is 0 Å². The molecule has 0 saturated carbocycles. The molecule has 1 unspecified atom stereocenters. The number of ether oxygens (including phenoxy) is 1. The fourth-order valence-electron chi connectivity index (χ4n) is 1.64. The lowest BCUT2D eigenvalue weighted by molar-refractivity contribution is -0.115. The van der Waals surface area contributed by atoms with E-state index in [4.69, 9.17) is 4.74 Å². The molecule has 0 aliphatic carbocycles. The summed E-state index contributed by atoms with van der Waals surface area (Å²) in [5.41, 5.74) is 0.475. The van der Waals surface area contributed by atoms with Crippen molar-refractivity contribution in [2.45, 2.75) is 11.8 Å². The second kappa shape index (κ2) is 6.48. The molecule has 0 aliphatic heterocycles. The average molecular weight is 333 g/mol. The first kappa shape index (κ1) is 14.5. The molecule has 0 spiro atoms. The van der Waals surface area contributed by atoms with Crippen molar-refractivity contribution in [3.8, 4) is 11.5 Å². The van der Waals surface area contributed by atoms with Crippen molar-refractivity contribution < 1.29 is 14.3 Å². The Morgan fingerprint density at radius 2 is 1.50 bits per heavy atom. The molecule has 2 aromatic rings. The Hall–Kier alpha value is -1.94. The van der Waals surface area contributed by atoms with Gasteiger partial charge in [0.15, 0.2) is 11.6 Å². The van der Waals surface area contributed by atoms with Crippen LogP contribution in [-0.2, 0) is 4.79 Å². The van der Waals surface area contributed by atoms with E-state index in [2.05, 4.69) is 15.9 Å². The number of halogens is 1. The number of para-hydroxylation sites is 1. The summed E-state index contributed by atoms with van der Waals surface area (Å²) in [7, 11) is 0. The standard InChI is InChI=1S/C16H13BrO3/c1-11(18)15(17)16(19)12-7-9-14(10-8-12)20-13-5-3-2-4-6-13/h2-10,15H,1H3. The molecule has 0 aromatic heterocycles. The van der Waals surface area contributed by atoms with Gasteiger partial charge in [0.25, 0.3) is 0 Å². The van der Waals surface area contributed by atoms with Crippen LogP contribution in [0.5, 0.6) is 11.5 Å². The molecule has 3 nitrogen and oxygen atoms in total. The molecule has 1 atom stereocenters. The molecular formula is C16H13BrO3. The third-order valence-electron chi connectivity index (χ3n) is 2.70. The normalized spacial score (nSPS) is 11.7. The molecule has 0 fully saturated rings. The zero-order valence-corrected chi connectivity index (χ0v) is 12.5. The molecule has 0 N–H and O–H groups in total. The highest BCUT2D eigenvalue weighted by Gasteiger charge is 2.20. The summed E-state index contributed by atoms with van der Waals surface area (Å²) >= 11 is 3.09. The van der Waals surface area contributed by atoms with Gasteiger partial charge in [0.05, 0.1) is 0 Å². The number of hydrogen-bond acceptors (Lipinski definition) is 3. The number of benzene rings is 2. The number of alkyl halides is 1. The van der Waals surface area contributed by atoms with Crippen LogP contribution in [0.15, 0.2) is 54.6 Å². The van der Waals surface area contributed by atoms with Crippen LogP contribution in [-0.4, -0.2) is 16.4 Å². The van der Waals surface area contributed by atoms with E-state index >= 15 is 0 Å². The van der Waals surface area contributed by atoms with Crippen molar-refractivity contribution in [1.82, 2.24) is 0 Å². The van der Waals surface area contributed by atoms with E-state index in [-0.39, 0.29) is 11.6 Å². The van der Waals surface area contributed by atoms with E-state index in [1.807, 2.05) is 30.3 Å². The Labute approximate surface area is 125 Å². The third kappa shape index (κ3) is 3.54. The fraction of sp³-hybridized carbons (Fsp3) is 0.125. The highest BCUT2D eigenvalue weighted by Crippen LogP contribution is 2.22. The van der Waals surface area contributed by atoms with Gasteiger partial charge in [-0.2, -0.15) is 0 Å². The summed E-state index contributed by atoms with van der Waals surface area (Å²) in [5.74, 6) is 0.916. The topological polar surface area (TPSA) is 43.4 Å². The zero-order chi connectivity index (χ0) is 14.5. The smallest absolute Gasteiger partial charge is 0.183 e. The Balaban J connectivity index is 2.10. The molecule has 102 valence electrons. The van der Waals surface area contributed by atoms with Crippen molar-refractivity contribution in [2.24, 2.45) is 0 Å². The number of rotatable bonds is 5. The summed E-state index contributed by atoms with van der Waals surface area (Å²) in [5, 5.41) is 0. The third-order valence-corrected chi connectivity index (χ3v) is 3.77. The Morgan fingerprint density at radius 3 is 2.05 bits per heavy atom. The van der Waals surface area contributed by atoms with E-state index in [1.165, 1.54) is 6.92 Å². The maximum Gasteiger partial charge on any atom is 0.183 e. The average Bonchev–Trinajstić information content (AvgIpc) is 2.47. The van der Waals surface area contributed by atoms with Gasteiger partial charge < -0.3 is 4.74 Å². The molecule has 0 radical (unpaired) electrons. The van der Waals surface area contributed by atoms with E-state index in [9.17, 15) is 9.59 Å². The van der Waals surface area contributed by atoms with E-state index in [0.717, 1.165) is 5.75 Å². The van der Waals surface area contributed by atoms with E-state index < -0.39 is 4.83 Å². The van der Waals surface area contributed by atoms with Gasteiger partial charge in [-0.25, -0.2) is 0 Å². The van der Waals surface area contributed by atoms with Crippen LogP contribution in [0.4, 0.5) is 0 Å². The molecule has 0 saturated heterocycles. The first-order chi connectivity index (χ1) is 9.58. The summed E-state index contributed by atoms with van der Waals surface area (Å²) in [4.78, 5) is 22.3. The maximum absolute atomic E-state index is 11.9. The number of hydrogen-bond donors (Lipinski definition) is 0. The van der Waals surface area contributed by atoms with Crippen molar-refractivity contribution >= 4 is 27.5 Å². The van der Waals surface area contributed by atoms with Crippen LogP contribution in [0.2, 0.25) is 0 Å². The summed E-state index contributed by atoms with van der Waals surface area (Å²) in [6.07, 6.45) is 0. The minimum atomic E-state index is -0.789. The van der Waals surface area contributed by atoms with Gasteiger partial charge in [-0.05, 0) is 43.3 Å². The van der Waals surface area contributed by atoms with Gasteiger partial charge in [-0.3, -0.25) is 9.59 Å². The zero-order valence-electron chi connectivity index (χ0n) is 10.9. The monoisotopic (exact) mass is 332 g/mol. The molecule has 0 aliphatic rings. The van der Waals surface area contributed by atoms with Crippen LogP contribution in [0.25, 0.3) is 0 Å². The number of carbonyl (C=O) groups excluding carboxylic acids is 2. The van der Waals surface area contributed by atoms with Gasteiger partial charge in [-0.1, -0.05) is 34.1 Å². The van der Waals surface area contributed by atoms with Crippen molar-refractivity contribution in [2.75, 3.05) is 0 Å². The predicted octanol–water partition coefficient (Wildman–Crippen LogP) is 4.01. The highest BCUT2D eigenvalue weighted by atomic mass is 79.9. The largest absolute Gasteiger partial charge is 0.457 e. The lowest BCUT2D eigenvalue weighted by Crippen LogP contribution is -2.21. The van der Waals surface area contributed by atoms with E-state index in [1.54, 1.807) is 24.3 Å². The molecule has 20 heavy (non-hydrogen) atoms. The molecule has 2 rings (SSSR count). The lowest BCUT2D eigenvalue weighted by atomic mass is 10.1. The minimum absolute atomic E-state index is 0.209. The van der Waals surface area contributed by atoms with Gasteiger partial charge in [0.1, 0.15) is 16.3 Å². The quantitative estimate of drug-likeness (QED) is 0.472. The molecule has 0 bridgehead atoms. The molecular weight excluding hydrogens is 320 g/mol. The predicted molar refractivity (Wildman–Crippen MR) is 80.7 cm³/mol. The van der Waals surface area contributed by atoms with Crippen molar-refractivity contribution in [3.05, 3.63) is 60.2 Å². The van der Waals surface area contributed by atoms with Crippen molar-refractivity contribution in [1.29, 1.82) is 0 Å². The van der Waals surface area contributed by atoms with Gasteiger partial charge in [0.2, 0.25) is 0 Å². The van der Waals surface area contributed by atoms with Gasteiger partial charge in [-0.15, -0.1) is 0 Å². The van der Waals surface area contributed by atoms with Gasteiger partial charge >= 0.3 is 0 Å². The van der Waals surface area contributed by atoms with Crippen molar-refractivity contribution in [3.63, 3.8) is 0 Å². The second-order valence-corrected chi connectivity index (χ2v) is 5.19. The highest BCUT2D eigenvalue weighted by molar-refractivity contribution is 9.10. The van der Waals surface area contributed by atoms with Gasteiger partial charge in [0, 0.05) is 5.56 Å². The van der Waals surface area contributed by atoms with Crippen LogP contribution in [0.1, 0.15) is 17.3 Å². The maximum atomic E-state index is 11.9. The van der Waals surface area contributed by atoms with Crippen LogP contribution < -0.4 is 4.74 Å². The first-order valence-electron chi connectivity index (χ1n) is 6.09. The molecule has 4 heteroatoms. The molecule has 2 aromatic carbocycles. The minimum Gasteiger partial charge on any atom is -0.457 e. The lowest BCUT2D eigenvalue weighted by Gasteiger charge is -2.08. The number of ketones is 2. The van der Waals surface area contributed by atoms with E-state index in [0.29, 0.717) is 11.3 Å². The molecule has 0 heterocycles. The molecule has 0 amide bonds. The SMILES string of the molecule is CC(=O)C(Br)C(=O)c1ccc(Oc2ccccc2)cc1. The number of Topliss-reactive ketones (excluding diaryl/α,β-unsaturated/α-hetero) is 2. The Bertz CT molecular complexity index is 605. The Kier molecular flexibility index (Phi) is 4.69. The fourth-order valence-corrected chi connectivity index (χ4v) is 1.91. The Morgan fingerprint density at radius 1 is 0.950 bits per heavy atom. The first-order valence-corrected chi connectivity index (χ1v) is 7.01. The van der Waals surface area contributed by atoms with Crippen LogP contribution >= 0.6 is 15.9 Å². The summed E-state index contributed by atoms with van der Waals surface area (Å²) in [6, 6.07) is 16.1. The summed E-state index contributed by atoms with van der Waals surface area (Å²) < 4.78 is 5.63.